The molecule has 1 heterocycles. The maximum absolute atomic E-state index is 11.4. The van der Waals surface area contributed by atoms with Crippen molar-refractivity contribution in [3.05, 3.63) is 0 Å². The van der Waals surface area contributed by atoms with Crippen LogP contribution in [-0.4, -0.2) is 54.4 Å². The largest absolute Gasteiger partial charge is 0.394 e. The minimum Gasteiger partial charge on any atom is -0.394 e. The van der Waals surface area contributed by atoms with E-state index in [1.165, 1.54) is 12.8 Å². The number of carbonyl (C=O) groups is 1. The predicted molar refractivity (Wildman–Crippen MR) is 70.4 cm³/mol. The van der Waals surface area contributed by atoms with Crippen molar-refractivity contribution < 1.29 is 9.90 Å². The van der Waals surface area contributed by atoms with E-state index in [2.05, 4.69) is 17.6 Å². The third-order valence-electron chi connectivity index (χ3n) is 4.36. The van der Waals surface area contributed by atoms with Gasteiger partial charge in [-0.25, -0.2) is 4.79 Å². The Balaban J connectivity index is 1.75. The number of hydrogen-bond donors (Lipinski definition) is 3. The van der Waals surface area contributed by atoms with Gasteiger partial charge in [-0.15, -0.1) is 0 Å². The van der Waals surface area contributed by atoms with Crippen LogP contribution in [0, 0.1) is 5.92 Å². The van der Waals surface area contributed by atoms with Crippen LogP contribution in [0.25, 0.3) is 0 Å². The Hall–Kier alpha value is -0.810. The zero-order chi connectivity index (χ0) is 13.0. The summed E-state index contributed by atoms with van der Waals surface area (Å²) in [5.41, 5.74) is -0.108. The lowest BCUT2D eigenvalue weighted by Crippen LogP contribution is -2.52. The van der Waals surface area contributed by atoms with Gasteiger partial charge in [-0.3, -0.25) is 0 Å². The molecule has 1 saturated carbocycles. The minimum absolute atomic E-state index is 0.0344. The van der Waals surface area contributed by atoms with Crippen LogP contribution < -0.4 is 10.6 Å². The molecule has 104 valence electrons. The molecule has 5 nitrogen and oxygen atoms in total. The van der Waals surface area contributed by atoms with Gasteiger partial charge in [0.25, 0.3) is 0 Å². The van der Waals surface area contributed by atoms with Gasteiger partial charge in [0.05, 0.1) is 6.61 Å². The Labute approximate surface area is 109 Å². The second-order valence-electron chi connectivity index (χ2n) is 5.77. The molecule has 0 spiro atoms. The Morgan fingerprint density at radius 3 is 2.78 bits per heavy atom. The molecule has 1 saturated heterocycles. The van der Waals surface area contributed by atoms with E-state index in [1.54, 1.807) is 0 Å². The van der Waals surface area contributed by atoms with Crippen molar-refractivity contribution in [2.45, 2.75) is 38.1 Å². The molecule has 0 aromatic rings. The molecule has 2 fully saturated rings. The fourth-order valence-corrected chi connectivity index (χ4v) is 2.89. The zero-order valence-corrected chi connectivity index (χ0v) is 11.2. The number of nitrogens with one attached hydrogen (secondary N) is 2. The van der Waals surface area contributed by atoms with Gasteiger partial charge in [0.1, 0.15) is 0 Å². The smallest absolute Gasteiger partial charge is 0.317 e. The van der Waals surface area contributed by atoms with Gasteiger partial charge >= 0.3 is 6.03 Å². The summed E-state index contributed by atoms with van der Waals surface area (Å²) in [7, 11) is 0. The second kappa shape index (κ2) is 5.89. The molecule has 0 aromatic heterocycles. The molecule has 0 radical (unpaired) electrons. The number of amides is 2. The topological polar surface area (TPSA) is 64.6 Å². The van der Waals surface area contributed by atoms with Gasteiger partial charge < -0.3 is 20.6 Å². The molecule has 0 atom stereocenters. The lowest BCUT2D eigenvalue weighted by molar-refractivity contribution is 0.104. The maximum Gasteiger partial charge on any atom is 0.317 e. The lowest BCUT2D eigenvalue weighted by Gasteiger charge is -2.39. The van der Waals surface area contributed by atoms with Crippen molar-refractivity contribution >= 4 is 6.03 Å². The van der Waals surface area contributed by atoms with E-state index in [0.717, 1.165) is 44.9 Å². The summed E-state index contributed by atoms with van der Waals surface area (Å²) >= 11 is 0. The van der Waals surface area contributed by atoms with Gasteiger partial charge in [0.15, 0.2) is 0 Å². The Kier molecular flexibility index (Phi) is 4.45. The molecular weight excluding hydrogens is 230 g/mol. The van der Waals surface area contributed by atoms with Crippen LogP contribution in [0.3, 0.4) is 0 Å². The molecule has 2 rings (SSSR count). The minimum atomic E-state index is -0.108. The van der Waals surface area contributed by atoms with Gasteiger partial charge in [-0.05, 0) is 31.6 Å². The summed E-state index contributed by atoms with van der Waals surface area (Å²) in [6, 6.07) is 0.0344. The van der Waals surface area contributed by atoms with Crippen LogP contribution >= 0.6 is 0 Å². The predicted octanol–water partition coefficient (Wildman–Crippen LogP) is 0.542. The monoisotopic (exact) mass is 255 g/mol. The van der Waals surface area contributed by atoms with E-state index in [9.17, 15) is 9.90 Å². The van der Waals surface area contributed by atoms with Crippen LogP contribution in [0.2, 0.25) is 0 Å². The Morgan fingerprint density at radius 2 is 2.22 bits per heavy atom. The van der Waals surface area contributed by atoms with E-state index in [-0.39, 0.29) is 18.2 Å². The van der Waals surface area contributed by atoms with E-state index in [4.69, 9.17) is 0 Å². The van der Waals surface area contributed by atoms with E-state index < -0.39 is 0 Å². The molecule has 3 N–H and O–H groups in total. The first-order chi connectivity index (χ1) is 8.65. The number of urea groups is 1. The molecule has 2 aliphatic rings. The van der Waals surface area contributed by atoms with Crippen LogP contribution in [0.4, 0.5) is 4.79 Å². The van der Waals surface area contributed by atoms with Crippen molar-refractivity contribution in [3.63, 3.8) is 0 Å². The summed E-state index contributed by atoms with van der Waals surface area (Å²) in [6.45, 7) is 5.51. The normalized spacial score (nSPS) is 32.7. The second-order valence-corrected chi connectivity index (χ2v) is 5.77. The summed E-state index contributed by atoms with van der Waals surface area (Å²) < 4.78 is 0. The van der Waals surface area contributed by atoms with Crippen molar-refractivity contribution in [3.8, 4) is 0 Å². The highest BCUT2D eigenvalue weighted by Crippen LogP contribution is 2.31. The standard InChI is InChI=1S/C13H25N3O2/c1-11-2-4-13(10-17,5-3-11)15-7-9-16-8-6-14-12(16)18/h11,15,17H,2-10H2,1H3,(H,14,18). The molecule has 0 bridgehead atoms. The Bertz CT molecular complexity index is 288. The quantitative estimate of drug-likeness (QED) is 0.672. The van der Waals surface area contributed by atoms with Gasteiger partial charge in [-0.1, -0.05) is 6.92 Å². The third kappa shape index (κ3) is 3.14. The average molecular weight is 255 g/mol. The molecule has 18 heavy (non-hydrogen) atoms. The molecule has 1 aliphatic heterocycles. The van der Waals surface area contributed by atoms with Crippen LogP contribution in [0.1, 0.15) is 32.6 Å². The van der Waals surface area contributed by atoms with E-state index in [1.807, 2.05) is 4.90 Å². The fourth-order valence-electron chi connectivity index (χ4n) is 2.89. The average Bonchev–Trinajstić information content (AvgIpc) is 2.78. The first-order valence-electron chi connectivity index (χ1n) is 7.04. The summed E-state index contributed by atoms with van der Waals surface area (Å²) in [5, 5.41) is 15.9. The number of hydrogen-bond acceptors (Lipinski definition) is 3. The zero-order valence-electron chi connectivity index (χ0n) is 11.2. The van der Waals surface area contributed by atoms with E-state index >= 15 is 0 Å². The summed E-state index contributed by atoms with van der Waals surface area (Å²) in [5.74, 6) is 0.774. The van der Waals surface area contributed by atoms with Crippen LogP contribution in [-0.2, 0) is 0 Å². The molecule has 1 aliphatic carbocycles. The number of carbonyl (C=O) groups excluding carboxylic acids is 1. The molecule has 2 amide bonds. The number of aliphatic hydroxyl groups excluding tert-OH is 1. The SMILES string of the molecule is CC1CCC(CO)(NCCN2CCNC2=O)CC1. The Morgan fingerprint density at radius 1 is 1.50 bits per heavy atom. The van der Waals surface area contributed by atoms with Crippen molar-refractivity contribution in [1.29, 1.82) is 0 Å². The van der Waals surface area contributed by atoms with Crippen molar-refractivity contribution in [1.82, 2.24) is 15.5 Å². The lowest BCUT2D eigenvalue weighted by atomic mass is 9.77. The molecular formula is C13H25N3O2. The summed E-state index contributed by atoms with van der Waals surface area (Å²) in [4.78, 5) is 13.2. The molecule has 5 heteroatoms. The highest BCUT2D eigenvalue weighted by atomic mass is 16.3. The van der Waals surface area contributed by atoms with Gasteiger partial charge in [0, 0.05) is 31.7 Å². The maximum atomic E-state index is 11.4. The van der Waals surface area contributed by atoms with Crippen LogP contribution in [0.15, 0.2) is 0 Å². The number of aliphatic hydroxyl groups is 1. The number of nitrogens with zero attached hydrogens (tertiary/aromatic N) is 1. The first-order valence-corrected chi connectivity index (χ1v) is 7.04. The molecule has 0 aromatic carbocycles. The highest BCUT2D eigenvalue weighted by molar-refractivity contribution is 5.76. The fraction of sp³-hybridized carbons (Fsp3) is 0.923. The number of rotatable bonds is 5. The van der Waals surface area contributed by atoms with Crippen molar-refractivity contribution in [2.75, 3.05) is 32.8 Å². The van der Waals surface area contributed by atoms with Gasteiger partial charge in [-0.2, -0.15) is 0 Å². The van der Waals surface area contributed by atoms with E-state index in [0.29, 0.717) is 0 Å². The van der Waals surface area contributed by atoms with Crippen LogP contribution in [0.5, 0.6) is 0 Å². The van der Waals surface area contributed by atoms with Gasteiger partial charge in [0.2, 0.25) is 0 Å². The molecule has 0 unspecified atom stereocenters. The first kappa shape index (κ1) is 13.6. The highest BCUT2D eigenvalue weighted by Gasteiger charge is 2.33. The third-order valence-corrected chi connectivity index (χ3v) is 4.36. The van der Waals surface area contributed by atoms with Crippen molar-refractivity contribution in [2.24, 2.45) is 5.92 Å². The summed E-state index contributed by atoms with van der Waals surface area (Å²) in [6.07, 6.45) is 4.43.